The molecular weight excluding hydrogens is 302 g/mol. The van der Waals surface area contributed by atoms with Gasteiger partial charge in [-0.15, -0.1) is 0 Å². The van der Waals surface area contributed by atoms with E-state index in [1.165, 1.54) is 19.3 Å². The van der Waals surface area contributed by atoms with E-state index in [0.29, 0.717) is 13.2 Å². The third-order valence-electron chi connectivity index (χ3n) is 3.54. The number of esters is 2. The molecule has 6 heteroatoms. The molecule has 0 fully saturated rings. The van der Waals surface area contributed by atoms with E-state index in [4.69, 9.17) is 9.47 Å². The lowest BCUT2D eigenvalue weighted by atomic mass is 9.94. The second-order valence-corrected chi connectivity index (χ2v) is 6.16. The van der Waals surface area contributed by atoms with Crippen LogP contribution in [-0.4, -0.2) is 36.1 Å². The summed E-state index contributed by atoms with van der Waals surface area (Å²) in [5.74, 6) is -1.33. The first-order valence-corrected chi connectivity index (χ1v) is 9.05. The maximum absolute atomic E-state index is 12.2. The van der Waals surface area contributed by atoms with Gasteiger partial charge in [0.2, 0.25) is 0 Å². The van der Waals surface area contributed by atoms with Crippen molar-refractivity contribution in [2.45, 2.75) is 64.5 Å². The molecule has 126 valence electrons. The quantitative estimate of drug-likeness (QED) is 0.348. The number of rotatable bonds is 10. The van der Waals surface area contributed by atoms with E-state index in [1.807, 2.05) is 0 Å². The van der Waals surface area contributed by atoms with Crippen LogP contribution in [0.25, 0.3) is 0 Å². The van der Waals surface area contributed by atoms with Gasteiger partial charge in [-0.05, 0) is 38.6 Å². The molecule has 22 heavy (non-hydrogen) atoms. The van der Waals surface area contributed by atoms with Crippen LogP contribution in [0.4, 0.5) is 0 Å². The van der Waals surface area contributed by atoms with Gasteiger partial charge in [0.05, 0.1) is 13.2 Å². The first-order chi connectivity index (χ1) is 10.7. The average molecular weight is 329 g/mol. The Bertz CT molecular complexity index is 398. The maximum atomic E-state index is 12.2. The van der Waals surface area contributed by atoms with E-state index in [-0.39, 0.29) is 11.9 Å². The molecule has 0 amide bonds. The fourth-order valence-electron chi connectivity index (χ4n) is 2.42. The predicted molar refractivity (Wildman–Crippen MR) is 88.9 cm³/mol. The van der Waals surface area contributed by atoms with Crippen molar-refractivity contribution >= 4 is 29.6 Å². The summed E-state index contributed by atoms with van der Waals surface area (Å²) in [5, 5.41) is -0.593. The van der Waals surface area contributed by atoms with Crippen molar-refractivity contribution < 1.29 is 19.1 Å². The van der Waals surface area contributed by atoms with Gasteiger partial charge in [-0.2, -0.15) is 0 Å². The molecule has 0 spiro atoms. The summed E-state index contributed by atoms with van der Waals surface area (Å²) in [6.07, 6.45) is 6.49. The average Bonchev–Trinajstić information content (AvgIpc) is 2.91. The number of carbonyl (C=O) groups is 2. The minimum atomic E-state index is -0.593. The third-order valence-corrected chi connectivity index (χ3v) is 4.57. The number of carbonyl (C=O) groups excluding carboxylic acids is 2. The number of nitrogens with zero attached hydrogens (tertiary/aromatic N) is 1. The fourth-order valence-corrected chi connectivity index (χ4v) is 3.42. The minimum Gasteiger partial charge on any atom is -0.465 e. The number of ether oxygens (including phenoxy) is 2. The van der Waals surface area contributed by atoms with Crippen LogP contribution >= 0.6 is 11.9 Å². The van der Waals surface area contributed by atoms with Crippen LogP contribution < -0.4 is 0 Å². The molecular formula is C16H27NO4S. The first-order valence-electron chi connectivity index (χ1n) is 8.21. The van der Waals surface area contributed by atoms with Crippen molar-refractivity contribution in [3.05, 3.63) is 0 Å². The van der Waals surface area contributed by atoms with E-state index in [1.54, 1.807) is 13.8 Å². The molecule has 0 N–H and O–H groups in total. The fraction of sp³-hybridized carbons (Fsp3) is 0.812. The predicted octanol–water partition coefficient (Wildman–Crippen LogP) is 3.56. The summed E-state index contributed by atoms with van der Waals surface area (Å²) < 4.78 is 14.5. The van der Waals surface area contributed by atoms with Crippen molar-refractivity contribution in [2.75, 3.05) is 13.2 Å². The highest BCUT2D eigenvalue weighted by atomic mass is 32.2. The Morgan fingerprint density at radius 3 is 2.27 bits per heavy atom. The lowest BCUT2D eigenvalue weighted by Crippen LogP contribution is -2.37. The Kier molecular flexibility index (Phi) is 9.20. The zero-order valence-electron chi connectivity index (χ0n) is 13.8. The molecule has 0 saturated heterocycles. The molecule has 5 nitrogen and oxygen atoms in total. The summed E-state index contributed by atoms with van der Waals surface area (Å²) >= 11 is 1.14. The van der Waals surface area contributed by atoms with E-state index in [2.05, 4.69) is 11.3 Å². The van der Waals surface area contributed by atoms with Gasteiger partial charge in [-0.3, -0.25) is 9.59 Å². The van der Waals surface area contributed by atoms with Gasteiger partial charge >= 0.3 is 11.9 Å². The molecule has 2 atom stereocenters. The Morgan fingerprint density at radius 2 is 1.64 bits per heavy atom. The summed E-state index contributed by atoms with van der Waals surface area (Å²) in [6, 6.07) is 0. The molecule has 0 aromatic heterocycles. The Balaban J connectivity index is 2.61. The van der Waals surface area contributed by atoms with Gasteiger partial charge in [0, 0.05) is 5.71 Å². The molecule has 0 unspecified atom stereocenters. The van der Waals surface area contributed by atoms with Crippen LogP contribution in [0.1, 0.15) is 59.3 Å². The molecule has 1 aliphatic heterocycles. The second kappa shape index (κ2) is 10.6. The lowest BCUT2D eigenvalue weighted by Gasteiger charge is -2.17. The van der Waals surface area contributed by atoms with Crippen molar-refractivity contribution in [1.82, 2.24) is 0 Å². The Hall–Kier alpha value is -1.04. The number of hydrogen-bond donors (Lipinski definition) is 0. The van der Waals surface area contributed by atoms with E-state index in [9.17, 15) is 9.59 Å². The molecule has 0 aliphatic carbocycles. The zero-order chi connectivity index (χ0) is 16.4. The molecule has 0 radical (unpaired) electrons. The smallest absolute Gasteiger partial charge is 0.322 e. The van der Waals surface area contributed by atoms with Crippen LogP contribution in [0, 0.1) is 5.92 Å². The van der Waals surface area contributed by atoms with Gasteiger partial charge in [0.15, 0.2) is 0 Å². The van der Waals surface area contributed by atoms with Crippen molar-refractivity contribution in [2.24, 2.45) is 10.3 Å². The van der Waals surface area contributed by atoms with Gasteiger partial charge < -0.3 is 9.47 Å². The van der Waals surface area contributed by atoms with Crippen LogP contribution in [0.15, 0.2) is 4.40 Å². The molecule has 0 bridgehead atoms. The third kappa shape index (κ3) is 5.63. The normalized spacial score (nSPS) is 20.6. The van der Waals surface area contributed by atoms with Crippen LogP contribution in [0.2, 0.25) is 0 Å². The second-order valence-electron chi connectivity index (χ2n) is 5.25. The molecule has 1 heterocycles. The number of unbranched alkanes of at least 4 members (excludes halogenated alkanes) is 4. The highest BCUT2D eigenvalue weighted by Crippen LogP contribution is 2.34. The maximum Gasteiger partial charge on any atom is 0.322 e. The van der Waals surface area contributed by atoms with Gasteiger partial charge in [-0.1, -0.05) is 32.6 Å². The molecule has 0 aromatic rings. The summed E-state index contributed by atoms with van der Waals surface area (Å²) in [6.45, 7) is 6.31. The van der Waals surface area contributed by atoms with Gasteiger partial charge in [0.25, 0.3) is 0 Å². The summed E-state index contributed by atoms with van der Waals surface area (Å²) in [7, 11) is 0. The minimum absolute atomic E-state index is 0.303. The van der Waals surface area contributed by atoms with Crippen molar-refractivity contribution in [3.63, 3.8) is 0 Å². The summed E-state index contributed by atoms with van der Waals surface area (Å²) in [4.78, 5) is 24.2. The molecule has 1 aliphatic rings. The van der Waals surface area contributed by atoms with E-state index in [0.717, 1.165) is 36.9 Å². The van der Waals surface area contributed by atoms with Crippen molar-refractivity contribution in [1.29, 1.82) is 0 Å². The van der Waals surface area contributed by atoms with Crippen molar-refractivity contribution in [3.8, 4) is 0 Å². The van der Waals surface area contributed by atoms with Crippen LogP contribution in [-0.2, 0) is 19.1 Å². The first kappa shape index (κ1) is 19.0. The summed E-state index contributed by atoms with van der Waals surface area (Å²) in [5.41, 5.74) is 0.776. The van der Waals surface area contributed by atoms with E-state index >= 15 is 0 Å². The zero-order valence-corrected chi connectivity index (χ0v) is 14.6. The largest absolute Gasteiger partial charge is 0.465 e. The molecule has 0 saturated carbocycles. The monoisotopic (exact) mass is 329 g/mol. The van der Waals surface area contributed by atoms with Crippen LogP contribution in [0.3, 0.4) is 0 Å². The SMILES string of the molecule is CCCCCCCC1=NS[C@@H](C(=O)OCC)[C@@H]1C(=O)OCC. The lowest BCUT2D eigenvalue weighted by molar-refractivity contribution is -0.151. The standard InChI is InChI=1S/C16H27NO4S/c1-4-7-8-9-10-11-12-13(15(18)20-5-2)14(22-17-12)16(19)21-6-3/h13-14H,4-11H2,1-3H3/t13-,14-/m1/s1. The molecule has 0 aromatic carbocycles. The topological polar surface area (TPSA) is 65.0 Å². The highest BCUT2D eigenvalue weighted by Gasteiger charge is 2.44. The van der Waals surface area contributed by atoms with Gasteiger partial charge in [0.1, 0.15) is 11.2 Å². The van der Waals surface area contributed by atoms with Crippen LogP contribution in [0.5, 0.6) is 0 Å². The number of hydrogen-bond acceptors (Lipinski definition) is 6. The van der Waals surface area contributed by atoms with E-state index < -0.39 is 11.2 Å². The highest BCUT2D eigenvalue weighted by molar-refractivity contribution is 7.99. The Morgan fingerprint density at radius 1 is 1.00 bits per heavy atom. The van der Waals surface area contributed by atoms with Gasteiger partial charge in [-0.25, -0.2) is 4.40 Å². The Labute approximate surface area is 137 Å². The molecule has 1 rings (SSSR count).